The molecule has 0 spiro atoms. The molecule has 0 bridgehead atoms. The molecule has 234 valence electrons. The van der Waals surface area contributed by atoms with Crippen LogP contribution in [0, 0.1) is 5.41 Å². The van der Waals surface area contributed by atoms with Crippen molar-refractivity contribution in [1.82, 2.24) is 20.8 Å². The minimum Gasteiger partial charge on any atom is -0.351 e. The summed E-state index contributed by atoms with van der Waals surface area (Å²) in [7, 11) is 1.63. The lowest BCUT2D eigenvalue weighted by molar-refractivity contribution is -0.122. The van der Waals surface area contributed by atoms with E-state index in [1.807, 2.05) is 75.4 Å². The van der Waals surface area contributed by atoms with Gasteiger partial charge in [-0.3, -0.25) is 19.4 Å². The van der Waals surface area contributed by atoms with Crippen LogP contribution in [0.15, 0.2) is 59.6 Å². The Bertz CT molecular complexity index is 1440. The molecule has 2 aromatic carbocycles. The third-order valence-electron chi connectivity index (χ3n) is 6.49. The molecular formula is C33H43N7O3S. The van der Waals surface area contributed by atoms with Crippen LogP contribution in [0.4, 0.5) is 5.13 Å². The number of nitrogens with one attached hydrogen (secondary N) is 4. The highest BCUT2D eigenvalue weighted by molar-refractivity contribution is 7.15. The van der Waals surface area contributed by atoms with E-state index in [0.717, 1.165) is 41.0 Å². The highest BCUT2D eigenvalue weighted by Crippen LogP contribution is 2.18. The van der Waals surface area contributed by atoms with Crippen LogP contribution < -0.4 is 16.0 Å². The maximum atomic E-state index is 12.7. The summed E-state index contributed by atoms with van der Waals surface area (Å²) in [5.74, 6) is 0.193. The Morgan fingerprint density at radius 2 is 1.48 bits per heavy atom. The zero-order valence-electron chi connectivity index (χ0n) is 26.0. The van der Waals surface area contributed by atoms with Crippen molar-refractivity contribution in [3.8, 4) is 0 Å². The van der Waals surface area contributed by atoms with E-state index >= 15 is 0 Å². The van der Waals surface area contributed by atoms with Crippen LogP contribution in [0.5, 0.6) is 0 Å². The van der Waals surface area contributed by atoms with Gasteiger partial charge in [0, 0.05) is 31.1 Å². The van der Waals surface area contributed by atoms with Gasteiger partial charge >= 0.3 is 0 Å². The van der Waals surface area contributed by atoms with E-state index < -0.39 is 0 Å². The fourth-order valence-corrected chi connectivity index (χ4v) is 5.27. The van der Waals surface area contributed by atoms with Gasteiger partial charge in [-0.2, -0.15) is 0 Å². The van der Waals surface area contributed by atoms with Crippen molar-refractivity contribution in [2.24, 2.45) is 4.99 Å². The van der Waals surface area contributed by atoms with Gasteiger partial charge in [0.1, 0.15) is 10.8 Å². The van der Waals surface area contributed by atoms with Crippen LogP contribution in [-0.4, -0.2) is 52.1 Å². The van der Waals surface area contributed by atoms with E-state index in [1.54, 1.807) is 7.05 Å². The zero-order chi connectivity index (χ0) is 32.0. The summed E-state index contributed by atoms with van der Waals surface area (Å²) < 4.78 is 0. The van der Waals surface area contributed by atoms with Gasteiger partial charge in [0.05, 0.1) is 19.3 Å². The van der Waals surface area contributed by atoms with Crippen LogP contribution in [0.25, 0.3) is 0 Å². The Morgan fingerprint density at radius 3 is 2.16 bits per heavy atom. The number of amides is 3. The molecule has 0 aliphatic rings. The van der Waals surface area contributed by atoms with Crippen molar-refractivity contribution < 1.29 is 14.4 Å². The van der Waals surface area contributed by atoms with Gasteiger partial charge in [-0.1, -0.05) is 65.9 Å². The van der Waals surface area contributed by atoms with E-state index in [1.165, 1.54) is 11.3 Å². The van der Waals surface area contributed by atoms with Crippen molar-refractivity contribution in [2.45, 2.75) is 84.1 Å². The molecule has 0 saturated carbocycles. The molecule has 10 nitrogen and oxygen atoms in total. The first-order chi connectivity index (χ1) is 21.0. The Kier molecular flexibility index (Phi) is 13.3. The number of amidine groups is 1. The van der Waals surface area contributed by atoms with Gasteiger partial charge < -0.3 is 21.4 Å². The summed E-state index contributed by atoms with van der Waals surface area (Å²) in [6.45, 7) is 5.82. The average Bonchev–Trinajstić information content (AvgIpc) is 3.39. The van der Waals surface area contributed by atoms with Crippen molar-refractivity contribution in [2.75, 3.05) is 12.4 Å². The maximum absolute atomic E-state index is 12.7. The standard InChI is InChI=1S/C33H43N7O3S/c1-33(2,3)38-30(43)22-25-14-10-13-24(19-25)21-28(41)36-27(35-4)18-17-26(34)15-8-9-16-31-39-40-32(44-31)37-29(42)20-23-11-6-5-7-12-23/h5-7,10-14,19,34H,8-9,15-18,20-22H2,1-4H3,(H,38,43)(H,35,36,41)(H,37,40,42). The van der Waals surface area contributed by atoms with E-state index in [9.17, 15) is 14.4 Å². The highest BCUT2D eigenvalue weighted by Gasteiger charge is 2.15. The molecule has 3 rings (SSSR count). The Hall–Kier alpha value is -4.25. The van der Waals surface area contributed by atoms with Gasteiger partial charge in [0.25, 0.3) is 0 Å². The molecule has 0 aliphatic heterocycles. The van der Waals surface area contributed by atoms with E-state index in [-0.39, 0.29) is 36.1 Å². The Balaban J connectivity index is 1.32. The van der Waals surface area contributed by atoms with Crippen LogP contribution >= 0.6 is 11.3 Å². The normalized spacial score (nSPS) is 11.6. The Morgan fingerprint density at radius 1 is 0.818 bits per heavy atom. The molecule has 11 heteroatoms. The number of aliphatic imine (C=N–C) groups is 1. The topological polar surface area (TPSA) is 149 Å². The number of aryl methyl sites for hydroxylation is 1. The van der Waals surface area contributed by atoms with Gasteiger partial charge in [-0.15, -0.1) is 10.2 Å². The van der Waals surface area contributed by atoms with Crippen LogP contribution in [0.1, 0.15) is 74.6 Å². The van der Waals surface area contributed by atoms with Gasteiger partial charge in [0.15, 0.2) is 0 Å². The SMILES string of the molecule is CN=C(CCC(=N)CCCCc1nnc(NC(=O)Cc2ccccc2)s1)NC(=O)Cc1cccc(CC(=O)NC(C)(C)C)c1. The second kappa shape index (κ2) is 17.1. The van der Waals surface area contributed by atoms with Crippen molar-refractivity contribution in [1.29, 1.82) is 5.41 Å². The van der Waals surface area contributed by atoms with Crippen molar-refractivity contribution in [3.05, 3.63) is 76.3 Å². The number of carbonyl (C=O) groups excluding carboxylic acids is 3. The molecule has 0 radical (unpaired) electrons. The highest BCUT2D eigenvalue weighted by atomic mass is 32.1. The quantitative estimate of drug-likeness (QED) is 0.107. The number of carbonyl (C=O) groups is 3. The smallest absolute Gasteiger partial charge is 0.230 e. The lowest BCUT2D eigenvalue weighted by atomic mass is 10.0. The van der Waals surface area contributed by atoms with Gasteiger partial charge in [-0.25, -0.2) is 0 Å². The summed E-state index contributed by atoms with van der Waals surface area (Å²) in [6.07, 6.45) is 4.80. The summed E-state index contributed by atoms with van der Waals surface area (Å²) in [5.41, 5.74) is 2.93. The lowest BCUT2D eigenvalue weighted by Gasteiger charge is -2.20. The fraction of sp³-hybridized carbons (Fsp3) is 0.424. The zero-order valence-corrected chi connectivity index (χ0v) is 26.9. The second-order valence-corrected chi connectivity index (χ2v) is 12.8. The number of unbranched alkanes of at least 4 members (excludes halogenated alkanes) is 1. The number of aromatic nitrogens is 2. The molecule has 0 aliphatic carbocycles. The van der Waals surface area contributed by atoms with Crippen LogP contribution in [0.3, 0.4) is 0 Å². The first kappa shape index (κ1) is 34.2. The predicted molar refractivity (Wildman–Crippen MR) is 176 cm³/mol. The number of anilines is 1. The average molecular weight is 618 g/mol. The third-order valence-corrected chi connectivity index (χ3v) is 7.39. The number of nitrogens with zero attached hydrogens (tertiary/aromatic N) is 3. The van der Waals surface area contributed by atoms with Crippen molar-refractivity contribution >= 4 is 45.7 Å². The molecule has 0 unspecified atom stereocenters. The van der Waals surface area contributed by atoms with Gasteiger partial charge in [0.2, 0.25) is 22.9 Å². The van der Waals surface area contributed by atoms with Crippen LogP contribution in [-0.2, 0) is 40.1 Å². The minimum absolute atomic E-state index is 0.0589. The maximum Gasteiger partial charge on any atom is 0.230 e. The largest absolute Gasteiger partial charge is 0.351 e. The monoisotopic (exact) mass is 617 g/mol. The molecule has 3 aromatic rings. The van der Waals surface area contributed by atoms with E-state index in [4.69, 9.17) is 5.41 Å². The van der Waals surface area contributed by atoms with Crippen molar-refractivity contribution in [3.63, 3.8) is 0 Å². The summed E-state index contributed by atoms with van der Waals surface area (Å²) in [4.78, 5) is 41.4. The molecule has 1 heterocycles. The number of rotatable bonds is 15. The molecule has 0 saturated heterocycles. The molecule has 0 atom stereocenters. The summed E-state index contributed by atoms with van der Waals surface area (Å²) in [6, 6.07) is 17.0. The number of hydrogen-bond acceptors (Lipinski definition) is 8. The minimum atomic E-state index is -0.297. The van der Waals surface area contributed by atoms with Gasteiger partial charge in [-0.05, 0) is 63.1 Å². The summed E-state index contributed by atoms with van der Waals surface area (Å²) >= 11 is 1.38. The summed E-state index contributed by atoms with van der Waals surface area (Å²) in [5, 5.41) is 26.6. The molecular weight excluding hydrogens is 574 g/mol. The molecule has 3 amide bonds. The van der Waals surface area contributed by atoms with Crippen LogP contribution in [0.2, 0.25) is 0 Å². The predicted octanol–water partition coefficient (Wildman–Crippen LogP) is 5.08. The molecule has 4 N–H and O–H groups in total. The first-order valence-corrected chi connectivity index (χ1v) is 15.7. The number of benzene rings is 2. The van der Waals surface area contributed by atoms with E-state index in [0.29, 0.717) is 42.4 Å². The molecule has 1 aromatic heterocycles. The lowest BCUT2D eigenvalue weighted by Crippen LogP contribution is -2.41. The molecule has 0 fully saturated rings. The third kappa shape index (κ3) is 13.4. The number of hydrogen-bond donors (Lipinski definition) is 4. The fourth-order valence-electron chi connectivity index (χ4n) is 4.48. The van der Waals surface area contributed by atoms with E-state index in [2.05, 4.69) is 31.1 Å². The Labute approximate surface area is 263 Å². The molecule has 44 heavy (non-hydrogen) atoms. The second-order valence-electron chi connectivity index (χ2n) is 11.7. The first-order valence-electron chi connectivity index (χ1n) is 14.9.